The SMILES string of the molecule is CNC(=O)[C@@H]1CCCN1C(=O)CN. The molecule has 1 aliphatic heterocycles. The number of likely N-dealkylation sites (tertiary alicyclic amines) is 1. The zero-order chi connectivity index (χ0) is 9.84. The molecule has 0 aromatic rings. The average Bonchev–Trinajstić information content (AvgIpc) is 2.63. The third kappa shape index (κ3) is 1.98. The lowest BCUT2D eigenvalue weighted by Crippen LogP contribution is -2.46. The van der Waals surface area contributed by atoms with Crippen molar-refractivity contribution in [2.75, 3.05) is 20.1 Å². The first kappa shape index (κ1) is 9.98. The van der Waals surface area contributed by atoms with E-state index in [2.05, 4.69) is 5.32 Å². The summed E-state index contributed by atoms with van der Waals surface area (Å²) in [5, 5.41) is 2.54. The fraction of sp³-hybridized carbons (Fsp3) is 0.750. The van der Waals surface area contributed by atoms with Gasteiger partial charge in [0, 0.05) is 13.6 Å². The van der Waals surface area contributed by atoms with Gasteiger partial charge in [-0.25, -0.2) is 0 Å². The van der Waals surface area contributed by atoms with Crippen LogP contribution in [0.2, 0.25) is 0 Å². The summed E-state index contributed by atoms with van der Waals surface area (Å²) in [6.45, 7) is 0.627. The molecule has 5 heteroatoms. The number of nitrogens with two attached hydrogens (primary N) is 1. The fourth-order valence-electron chi connectivity index (χ4n) is 1.62. The molecule has 3 N–H and O–H groups in total. The van der Waals surface area contributed by atoms with Gasteiger partial charge in [0.1, 0.15) is 6.04 Å². The van der Waals surface area contributed by atoms with E-state index in [0.717, 1.165) is 12.8 Å². The van der Waals surface area contributed by atoms with E-state index < -0.39 is 0 Å². The van der Waals surface area contributed by atoms with Crippen LogP contribution in [0, 0.1) is 0 Å². The Morgan fingerprint density at radius 3 is 2.85 bits per heavy atom. The van der Waals surface area contributed by atoms with Crippen LogP contribution in [0.15, 0.2) is 0 Å². The van der Waals surface area contributed by atoms with Crippen LogP contribution in [0.4, 0.5) is 0 Å². The molecule has 1 fully saturated rings. The molecule has 0 unspecified atom stereocenters. The summed E-state index contributed by atoms with van der Waals surface area (Å²) < 4.78 is 0. The molecule has 0 aromatic carbocycles. The standard InChI is InChI=1S/C8H15N3O2/c1-10-8(13)6-3-2-4-11(6)7(12)5-9/h6H,2-5,9H2,1H3,(H,10,13)/t6-/m0/s1. The Labute approximate surface area is 77.3 Å². The van der Waals surface area contributed by atoms with E-state index in [0.29, 0.717) is 6.54 Å². The van der Waals surface area contributed by atoms with Crippen molar-refractivity contribution in [2.45, 2.75) is 18.9 Å². The predicted molar refractivity (Wildman–Crippen MR) is 47.9 cm³/mol. The molecule has 0 radical (unpaired) electrons. The molecule has 1 aliphatic rings. The van der Waals surface area contributed by atoms with Crippen molar-refractivity contribution in [1.82, 2.24) is 10.2 Å². The normalized spacial score (nSPS) is 21.7. The van der Waals surface area contributed by atoms with E-state index in [4.69, 9.17) is 5.73 Å². The lowest BCUT2D eigenvalue weighted by molar-refractivity contribution is -0.137. The maximum Gasteiger partial charge on any atom is 0.242 e. The Kier molecular flexibility index (Phi) is 3.25. The molecule has 13 heavy (non-hydrogen) atoms. The third-order valence-corrected chi connectivity index (χ3v) is 2.30. The van der Waals surface area contributed by atoms with Gasteiger partial charge in [0.15, 0.2) is 0 Å². The minimum absolute atomic E-state index is 0.0203. The van der Waals surface area contributed by atoms with Gasteiger partial charge in [-0.05, 0) is 12.8 Å². The van der Waals surface area contributed by atoms with Crippen molar-refractivity contribution in [3.05, 3.63) is 0 Å². The van der Waals surface area contributed by atoms with Gasteiger partial charge >= 0.3 is 0 Å². The van der Waals surface area contributed by atoms with Gasteiger partial charge in [0.2, 0.25) is 11.8 Å². The highest BCUT2D eigenvalue weighted by Gasteiger charge is 2.32. The van der Waals surface area contributed by atoms with Crippen LogP contribution in [0.25, 0.3) is 0 Å². The van der Waals surface area contributed by atoms with Crippen LogP contribution >= 0.6 is 0 Å². The van der Waals surface area contributed by atoms with E-state index in [1.807, 2.05) is 0 Å². The van der Waals surface area contributed by atoms with E-state index >= 15 is 0 Å². The Bertz CT molecular complexity index is 195. The second kappa shape index (κ2) is 4.23. The summed E-state index contributed by atoms with van der Waals surface area (Å²) in [6, 6.07) is -0.305. The smallest absolute Gasteiger partial charge is 0.242 e. The molecule has 2 amide bonds. The van der Waals surface area contributed by atoms with E-state index in [9.17, 15) is 9.59 Å². The van der Waals surface area contributed by atoms with Crippen molar-refractivity contribution in [1.29, 1.82) is 0 Å². The molecule has 0 aromatic heterocycles. The van der Waals surface area contributed by atoms with Gasteiger partial charge < -0.3 is 16.0 Å². The first-order valence-electron chi connectivity index (χ1n) is 4.42. The molecular weight excluding hydrogens is 170 g/mol. The highest BCUT2D eigenvalue weighted by molar-refractivity contribution is 5.88. The van der Waals surface area contributed by atoms with Crippen LogP contribution in [0.1, 0.15) is 12.8 Å². The van der Waals surface area contributed by atoms with Gasteiger partial charge in [-0.15, -0.1) is 0 Å². The fourth-order valence-corrected chi connectivity index (χ4v) is 1.62. The molecule has 1 rings (SSSR count). The summed E-state index contributed by atoms with van der Waals surface area (Å²) in [6.07, 6.45) is 1.62. The van der Waals surface area contributed by atoms with Crippen LogP contribution in [-0.2, 0) is 9.59 Å². The lowest BCUT2D eigenvalue weighted by Gasteiger charge is -2.22. The monoisotopic (exact) mass is 185 g/mol. The molecule has 0 saturated carbocycles. The minimum Gasteiger partial charge on any atom is -0.357 e. The van der Waals surface area contributed by atoms with E-state index in [1.54, 1.807) is 11.9 Å². The largest absolute Gasteiger partial charge is 0.357 e. The number of carbonyl (C=O) groups excluding carboxylic acids is 2. The highest BCUT2D eigenvalue weighted by atomic mass is 16.2. The average molecular weight is 185 g/mol. The number of nitrogens with one attached hydrogen (secondary N) is 1. The number of amides is 2. The molecule has 1 heterocycles. The molecular formula is C8H15N3O2. The van der Waals surface area contributed by atoms with Gasteiger partial charge in [-0.1, -0.05) is 0 Å². The Balaban J connectivity index is 2.63. The molecule has 0 bridgehead atoms. The van der Waals surface area contributed by atoms with Crippen molar-refractivity contribution in [2.24, 2.45) is 5.73 Å². The van der Waals surface area contributed by atoms with Crippen molar-refractivity contribution < 1.29 is 9.59 Å². The highest BCUT2D eigenvalue weighted by Crippen LogP contribution is 2.16. The maximum absolute atomic E-state index is 11.3. The predicted octanol–water partition coefficient (Wildman–Crippen LogP) is -1.32. The Hall–Kier alpha value is -1.10. The van der Waals surface area contributed by atoms with Crippen LogP contribution in [-0.4, -0.2) is 42.9 Å². The lowest BCUT2D eigenvalue weighted by atomic mass is 10.2. The summed E-state index contributed by atoms with van der Waals surface area (Å²) in [5.74, 6) is -0.245. The first-order valence-corrected chi connectivity index (χ1v) is 4.42. The zero-order valence-electron chi connectivity index (χ0n) is 7.75. The number of carbonyl (C=O) groups is 2. The van der Waals surface area contributed by atoms with Crippen LogP contribution < -0.4 is 11.1 Å². The topological polar surface area (TPSA) is 75.4 Å². The number of hydrogen-bond acceptors (Lipinski definition) is 3. The Morgan fingerprint density at radius 1 is 1.62 bits per heavy atom. The minimum atomic E-state index is -0.305. The number of likely N-dealkylation sites (N-methyl/N-ethyl adjacent to an activating group) is 1. The summed E-state index contributed by atoms with van der Waals surface area (Å²) in [4.78, 5) is 24.1. The van der Waals surface area contributed by atoms with E-state index in [1.165, 1.54) is 0 Å². The van der Waals surface area contributed by atoms with Crippen LogP contribution in [0.5, 0.6) is 0 Å². The van der Waals surface area contributed by atoms with Gasteiger partial charge in [-0.2, -0.15) is 0 Å². The number of hydrogen-bond donors (Lipinski definition) is 2. The van der Waals surface area contributed by atoms with Crippen LogP contribution in [0.3, 0.4) is 0 Å². The molecule has 0 spiro atoms. The van der Waals surface area contributed by atoms with Crippen molar-refractivity contribution in [3.63, 3.8) is 0 Å². The summed E-state index contributed by atoms with van der Waals surface area (Å²) in [7, 11) is 1.58. The third-order valence-electron chi connectivity index (χ3n) is 2.30. The molecule has 1 atom stereocenters. The van der Waals surface area contributed by atoms with Crippen molar-refractivity contribution >= 4 is 11.8 Å². The number of rotatable bonds is 2. The molecule has 5 nitrogen and oxygen atoms in total. The van der Waals surface area contributed by atoms with E-state index in [-0.39, 0.29) is 24.4 Å². The van der Waals surface area contributed by atoms with Gasteiger partial charge in [-0.3, -0.25) is 9.59 Å². The Morgan fingerprint density at radius 2 is 2.31 bits per heavy atom. The summed E-state index contributed by atoms with van der Waals surface area (Å²) >= 11 is 0. The maximum atomic E-state index is 11.3. The molecule has 0 aliphatic carbocycles. The second-order valence-corrected chi connectivity index (χ2v) is 3.06. The quantitative estimate of drug-likeness (QED) is 0.560. The first-order chi connectivity index (χ1) is 6.20. The molecule has 74 valence electrons. The van der Waals surface area contributed by atoms with Crippen molar-refractivity contribution in [3.8, 4) is 0 Å². The molecule has 1 saturated heterocycles. The second-order valence-electron chi connectivity index (χ2n) is 3.06. The van der Waals surface area contributed by atoms with Gasteiger partial charge in [0.25, 0.3) is 0 Å². The van der Waals surface area contributed by atoms with Gasteiger partial charge in [0.05, 0.1) is 6.54 Å². The number of nitrogens with zero attached hydrogens (tertiary/aromatic N) is 1. The zero-order valence-corrected chi connectivity index (χ0v) is 7.75. The summed E-state index contributed by atoms with van der Waals surface area (Å²) in [5.41, 5.74) is 5.23.